The fraction of sp³-hybridized carbons (Fsp3) is 0.667. The first-order valence-electron chi connectivity index (χ1n) is 11.5. The monoisotopic (exact) mass is 413 g/mol. The van der Waals surface area contributed by atoms with Crippen LogP contribution in [0.15, 0.2) is 35.3 Å². The maximum atomic E-state index is 12.7. The van der Waals surface area contributed by atoms with Gasteiger partial charge in [0, 0.05) is 45.3 Å². The Hall–Kier alpha value is -2.08. The second-order valence-corrected chi connectivity index (χ2v) is 9.22. The molecule has 2 atom stereocenters. The third kappa shape index (κ3) is 6.21. The molecular formula is C24H39N5O. The topological polar surface area (TPSA) is 60.0 Å². The van der Waals surface area contributed by atoms with E-state index >= 15 is 0 Å². The van der Waals surface area contributed by atoms with Gasteiger partial charge in [0.2, 0.25) is 5.91 Å². The lowest BCUT2D eigenvalue weighted by Gasteiger charge is -2.32. The summed E-state index contributed by atoms with van der Waals surface area (Å²) < 4.78 is 0. The predicted octanol–water partition coefficient (Wildman–Crippen LogP) is 2.36. The van der Waals surface area contributed by atoms with Crippen molar-refractivity contribution in [2.45, 2.75) is 52.1 Å². The number of hydrogen-bond donors (Lipinski definition) is 2. The Labute approximate surface area is 182 Å². The lowest BCUT2D eigenvalue weighted by molar-refractivity contribution is -0.131. The summed E-state index contributed by atoms with van der Waals surface area (Å²) in [5, 5.41) is 6.76. The van der Waals surface area contributed by atoms with Crippen LogP contribution in [0.1, 0.15) is 39.2 Å². The van der Waals surface area contributed by atoms with Crippen molar-refractivity contribution in [2.75, 3.05) is 39.8 Å². The zero-order valence-electron chi connectivity index (χ0n) is 19.1. The minimum absolute atomic E-state index is 0.166. The molecule has 0 aliphatic carbocycles. The summed E-state index contributed by atoms with van der Waals surface area (Å²) in [5.41, 5.74) is 1.40. The van der Waals surface area contributed by atoms with Gasteiger partial charge in [-0.25, -0.2) is 0 Å². The van der Waals surface area contributed by atoms with Crippen LogP contribution in [0.5, 0.6) is 0 Å². The van der Waals surface area contributed by atoms with E-state index in [1.807, 2.05) is 4.90 Å². The summed E-state index contributed by atoms with van der Waals surface area (Å²) in [6.45, 7) is 10.9. The number of nitrogens with zero attached hydrogens (tertiary/aromatic N) is 3. The Morgan fingerprint density at radius 1 is 1.17 bits per heavy atom. The van der Waals surface area contributed by atoms with Crippen LogP contribution in [0, 0.1) is 11.8 Å². The number of likely N-dealkylation sites (tertiary alicyclic amines) is 2. The van der Waals surface area contributed by atoms with Gasteiger partial charge < -0.3 is 15.5 Å². The Morgan fingerprint density at radius 3 is 2.47 bits per heavy atom. The Kier molecular flexibility index (Phi) is 8.14. The van der Waals surface area contributed by atoms with Gasteiger partial charge in [0.25, 0.3) is 0 Å². The molecule has 2 N–H and O–H groups in total. The third-order valence-electron chi connectivity index (χ3n) is 6.66. The smallest absolute Gasteiger partial charge is 0.241 e. The van der Waals surface area contributed by atoms with Crippen LogP contribution in [0.3, 0.4) is 0 Å². The molecule has 0 bridgehead atoms. The third-order valence-corrected chi connectivity index (χ3v) is 6.66. The van der Waals surface area contributed by atoms with Crippen LogP contribution < -0.4 is 10.6 Å². The van der Waals surface area contributed by atoms with E-state index in [0.717, 1.165) is 51.4 Å². The van der Waals surface area contributed by atoms with E-state index in [1.165, 1.54) is 5.56 Å². The van der Waals surface area contributed by atoms with Crippen LogP contribution in [-0.4, -0.2) is 73.5 Å². The Bertz CT molecular complexity index is 697. The van der Waals surface area contributed by atoms with E-state index in [-0.39, 0.29) is 5.91 Å². The second kappa shape index (κ2) is 10.8. The molecule has 6 nitrogen and oxygen atoms in total. The first kappa shape index (κ1) is 22.6. The molecule has 2 unspecified atom stereocenters. The second-order valence-electron chi connectivity index (χ2n) is 9.22. The number of carbonyl (C=O) groups is 1. The molecular weight excluding hydrogens is 374 g/mol. The van der Waals surface area contributed by atoms with E-state index in [1.54, 1.807) is 7.05 Å². The summed E-state index contributed by atoms with van der Waals surface area (Å²) in [6.07, 6.45) is 3.28. The highest BCUT2D eigenvalue weighted by Crippen LogP contribution is 2.22. The van der Waals surface area contributed by atoms with E-state index in [9.17, 15) is 4.79 Å². The normalized spacial score (nSPS) is 23.8. The van der Waals surface area contributed by atoms with E-state index in [0.29, 0.717) is 30.5 Å². The van der Waals surface area contributed by atoms with Gasteiger partial charge in [-0.15, -0.1) is 0 Å². The number of nitrogens with one attached hydrogen (secondary N) is 2. The predicted molar refractivity (Wildman–Crippen MR) is 124 cm³/mol. The molecule has 1 aromatic rings. The zero-order chi connectivity index (χ0) is 21.5. The number of rotatable bonds is 6. The number of guanidine groups is 1. The average molecular weight is 414 g/mol. The van der Waals surface area contributed by atoms with Gasteiger partial charge in [-0.2, -0.15) is 0 Å². The van der Waals surface area contributed by atoms with E-state index in [4.69, 9.17) is 0 Å². The van der Waals surface area contributed by atoms with Gasteiger partial charge in [-0.3, -0.25) is 14.7 Å². The van der Waals surface area contributed by atoms with Crippen molar-refractivity contribution in [1.82, 2.24) is 20.4 Å². The molecule has 6 heteroatoms. The van der Waals surface area contributed by atoms with Crippen molar-refractivity contribution in [2.24, 2.45) is 16.8 Å². The van der Waals surface area contributed by atoms with Crippen LogP contribution in [0.4, 0.5) is 0 Å². The molecule has 0 saturated carbocycles. The fourth-order valence-electron chi connectivity index (χ4n) is 4.59. The largest absolute Gasteiger partial charge is 0.352 e. The Morgan fingerprint density at radius 2 is 1.87 bits per heavy atom. The number of amides is 1. The molecule has 2 saturated heterocycles. The van der Waals surface area contributed by atoms with Gasteiger partial charge in [-0.05, 0) is 50.5 Å². The van der Waals surface area contributed by atoms with Crippen LogP contribution in [0.25, 0.3) is 0 Å². The molecule has 2 heterocycles. The van der Waals surface area contributed by atoms with Crippen LogP contribution >= 0.6 is 0 Å². The molecule has 30 heavy (non-hydrogen) atoms. The molecule has 2 fully saturated rings. The van der Waals surface area contributed by atoms with Gasteiger partial charge in [0.1, 0.15) is 0 Å². The minimum atomic E-state index is 0.166. The highest BCUT2D eigenvalue weighted by Gasteiger charge is 2.31. The summed E-state index contributed by atoms with van der Waals surface area (Å²) in [5.74, 6) is 2.13. The molecule has 1 amide bonds. The van der Waals surface area contributed by atoms with Crippen LogP contribution in [-0.2, 0) is 11.2 Å². The zero-order valence-corrected chi connectivity index (χ0v) is 19.1. The highest BCUT2D eigenvalue weighted by atomic mass is 16.2. The Balaban J connectivity index is 1.39. The highest BCUT2D eigenvalue weighted by molar-refractivity contribution is 5.86. The number of carbonyl (C=O) groups excluding carboxylic acids is 1. The van der Waals surface area contributed by atoms with Crippen LogP contribution in [0.2, 0.25) is 0 Å². The number of aliphatic imine (C=N–C) groups is 1. The SMILES string of the molecule is CN=C(NCC(=O)N1CCC(Cc2ccccc2)CC1)NC1CN(C(C)C)CC1C. The average Bonchev–Trinajstić information content (AvgIpc) is 3.12. The fourth-order valence-corrected chi connectivity index (χ4v) is 4.59. The van der Waals surface area contributed by atoms with Crippen molar-refractivity contribution in [3.05, 3.63) is 35.9 Å². The summed E-state index contributed by atoms with van der Waals surface area (Å²) in [7, 11) is 1.77. The van der Waals surface area contributed by atoms with Gasteiger partial charge >= 0.3 is 0 Å². The summed E-state index contributed by atoms with van der Waals surface area (Å²) in [4.78, 5) is 21.5. The summed E-state index contributed by atoms with van der Waals surface area (Å²) in [6, 6.07) is 11.6. The lowest BCUT2D eigenvalue weighted by atomic mass is 9.90. The van der Waals surface area contributed by atoms with Gasteiger partial charge in [0.05, 0.1) is 6.54 Å². The van der Waals surface area contributed by atoms with Gasteiger partial charge in [-0.1, -0.05) is 37.3 Å². The molecule has 0 radical (unpaired) electrons. The van der Waals surface area contributed by atoms with Crippen molar-refractivity contribution in [3.63, 3.8) is 0 Å². The maximum absolute atomic E-state index is 12.7. The molecule has 1 aromatic carbocycles. The molecule has 0 aromatic heterocycles. The first-order valence-corrected chi connectivity index (χ1v) is 11.5. The van der Waals surface area contributed by atoms with Crippen molar-refractivity contribution in [3.8, 4) is 0 Å². The standard InChI is InChI=1S/C24H39N5O/c1-18(2)29-16-19(3)22(17-29)27-24(25-4)26-15-23(30)28-12-10-21(11-13-28)14-20-8-6-5-7-9-20/h5-9,18-19,21-22H,10-17H2,1-4H3,(H2,25,26,27). The molecule has 2 aliphatic rings. The number of hydrogen-bond acceptors (Lipinski definition) is 3. The maximum Gasteiger partial charge on any atom is 0.241 e. The van der Waals surface area contributed by atoms with E-state index < -0.39 is 0 Å². The van der Waals surface area contributed by atoms with Crippen molar-refractivity contribution < 1.29 is 4.79 Å². The number of piperidine rings is 1. The van der Waals surface area contributed by atoms with Crippen molar-refractivity contribution in [1.29, 1.82) is 0 Å². The molecule has 166 valence electrons. The van der Waals surface area contributed by atoms with Crippen molar-refractivity contribution >= 4 is 11.9 Å². The van der Waals surface area contributed by atoms with E-state index in [2.05, 4.69) is 71.6 Å². The molecule has 3 rings (SSSR count). The lowest BCUT2D eigenvalue weighted by Crippen LogP contribution is -2.50. The van der Waals surface area contributed by atoms with Gasteiger partial charge in [0.15, 0.2) is 5.96 Å². The molecule has 0 spiro atoms. The quantitative estimate of drug-likeness (QED) is 0.555. The molecule has 2 aliphatic heterocycles. The number of benzene rings is 1. The minimum Gasteiger partial charge on any atom is -0.352 e. The summed E-state index contributed by atoms with van der Waals surface area (Å²) >= 11 is 0. The first-order chi connectivity index (χ1) is 14.5.